The van der Waals surface area contributed by atoms with Gasteiger partial charge >= 0.3 is 0 Å². The Morgan fingerprint density at radius 3 is 2.72 bits per heavy atom. The maximum atomic E-state index is 5.76. The molecule has 0 bridgehead atoms. The minimum Gasteiger partial charge on any atom is -0.383 e. The molecule has 0 atom stereocenters. The number of anilines is 1. The summed E-state index contributed by atoms with van der Waals surface area (Å²) in [7, 11) is 3.41. The lowest BCUT2D eigenvalue weighted by Crippen LogP contribution is -2.29. The molecule has 5 nitrogen and oxygen atoms in total. The highest BCUT2D eigenvalue weighted by atomic mass is 32.1. The number of rotatable bonds is 8. The van der Waals surface area contributed by atoms with Crippen LogP contribution >= 0.6 is 11.3 Å². The molecule has 1 fully saturated rings. The summed E-state index contributed by atoms with van der Waals surface area (Å²) in [6.45, 7) is 2.68. The molecule has 0 amide bonds. The second-order valence-corrected chi connectivity index (χ2v) is 5.48. The van der Waals surface area contributed by atoms with Crippen LogP contribution in [0.3, 0.4) is 0 Å². The first kappa shape index (κ1) is 13.7. The van der Waals surface area contributed by atoms with Gasteiger partial charge in [0.25, 0.3) is 0 Å². The van der Waals surface area contributed by atoms with Gasteiger partial charge in [-0.05, 0) is 12.8 Å². The third-order valence-electron chi connectivity index (χ3n) is 3.00. The van der Waals surface area contributed by atoms with Gasteiger partial charge in [0.15, 0.2) is 5.13 Å². The van der Waals surface area contributed by atoms with Crippen molar-refractivity contribution >= 4 is 16.5 Å². The molecule has 18 heavy (non-hydrogen) atoms. The number of nitrogens with zero attached hydrogens (tertiary/aromatic N) is 2. The van der Waals surface area contributed by atoms with Crippen LogP contribution in [0, 0.1) is 0 Å². The second-order valence-electron chi connectivity index (χ2n) is 4.42. The fraction of sp³-hybridized carbons (Fsp3) is 0.750. The Kier molecular flexibility index (Phi) is 4.94. The SMILES string of the molecule is COCCN(c1nc(COC)c(CN)s1)C1CC1. The van der Waals surface area contributed by atoms with E-state index in [4.69, 9.17) is 15.2 Å². The summed E-state index contributed by atoms with van der Waals surface area (Å²) in [6.07, 6.45) is 2.50. The number of hydrogen-bond donors (Lipinski definition) is 1. The molecule has 0 saturated heterocycles. The first-order chi connectivity index (χ1) is 8.80. The van der Waals surface area contributed by atoms with Crippen LogP contribution < -0.4 is 10.6 Å². The predicted molar refractivity (Wildman–Crippen MR) is 73.0 cm³/mol. The van der Waals surface area contributed by atoms with Gasteiger partial charge in [-0.3, -0.25) is 0 Å². The summed E-state index contributed by atoms with van der Waals surface area (Å²) in [4.78, 5) is 8.13. The molecule has 102 valence electrons. The molecule has 1 aromatic rings. The van der Waals surface area contributed by atoms with E-state index in [9.17, 15) is 0 Å². The molecule has 0 aliphatic heterocycles. The number of methoxy groups -OCH3 is 2. The summed E-state index contributed by atoms with van der Waals surface area (Å²) in [5.74, 6) is 0. The normalized spacial score (nSPS) is 15.1. The van der Waals surface area contributed by atoms with Crippen LogP contribution in [0.2, 0.25) is 0 Å². The quantitative estimate of drug-likeness (QED) is 0.773. The monoisotopic (exact) mass is 271 g/mol. The molecule has 0 unspecified atom stereocenters. The van der Waals surface area contributed by atoms with Crippen molar-refractivity contribution in [1.29, 1.82) is 0 Å². The molecule has 1 aromatic heterocycles. The molecular formula is C12H21N3O2S. The van der Waals surface area contributed by atoms with Crippen LogP contribution in [0.5, 0.6) is 0 Å². The predicted octanol–water partition coefficient (Wildman–Crippen LogP) is 1.36. The average Bonchev–Trinajstić information content (AvgIpc) is 3.12. The Labute approximate surface area is 112 Å². The third kappa shape index (κ3) is 3.20. The van der Waals surface area contributed by atoms with Crippen molar-refractivity contribution in [2.24, 2.45) is 5.73 Å². The Hall–Kier alpha value is -0.690. The second kappa shape index (κ2) is 6.47. The molecular weight excluding hydrogens is 250 g/mol. The third-order valence-corrected chi connectivity index (χ3v) is 4.16. The molecule has 0 spiro atoms. The van der Waals surface area contributed by atoms with Crippen molar-refractivity contribution in [2.45, 2.75) is 32.0 Å². The molecule has 2 rings (SSSR count). The van der Waals surface area contributed by atoms with Crippen LogP contribution in [-0.2, 0) is 22.6 Å². The number of hydrogen-bond acceptors (Lipinski definition) is 6. The molecule has 6 heteroatoms. The summed E-state index contributed by atoms with van der Waals surface area (Å²) in [6, 6.07) is 0.632. The van der Waals surface area contributed by atoms with E-state index in [0.717, 1.165) is 28.9 Å². The lowest BCUT2D eigenvalue weighted by Gasteiger charge is -2.20. The lowest BCUT2D eigenvalue weighted by molar-refractivity contribution is 0.181. The molecule has 0 radical (unpaired) electrons. The summed E-state index contributed by atoms with van der Waals surface area (Å²) >= 11 is 1.68. The van der Waals surface area contributed by atoms with Crippen molar-refractivity contribution in [3.05, 3.63) is 10.6 Å². The van der Waals surface area contributed by atoms with Crippen molar-refractivity contribution < 1.29 is 9.47 Å². The number of aromatic nitrogens is 1. The van der Waals surface area contributed by atoms with Crippen LogP contribution in [-0.4, -0.2) is 38.4 Å². The molecule has 0 aromatic carbocycles. The Bertz CT molecular complexity index is 379. The van der Waals surface area contributed by atoms with Crippen molar-refractivity contribution in [3.8, 4) is 0 Å². The van der Waals surface area contributed by atoms with Gasteiger partial charge in [0.1, 0.15) is 0 Å². The van der Waals surface area contributed by atoms with E-state index >= 15 is 0 Å². The van der Waals surface area contributed by atoms with E-state index in [1.54, 1.807) is 25.6 Å². The number of ether oxygens (including phenoxy) is 2. The molecule has 1 aliphatic rings. The number of thiazole rings is 1. The maximum absolute atomic E-state index is 5.76. The van der Waals surface area contributed by atoms with Gasteiger partial charge in [0.2, 0.25) is 0 Å². The first-order valence-electron chi connectivity index (χ1n) is 6.23. The molecule has 1 heterocycles. The first-order valence-corrected chi connectivity index (χ1v) is 7.05. The van der Waals surface area contributed by atoms with Gasteiger partial charge in [0, 0.05) is 38.2 Å². The zero-order valence-electron chi connectivity index (χ0n) is 11.0. The topological polar surface area (TPSA) is 60.6 Å². The van der Waals surface area contributed by atoms with E-state index in [2.05, 4.69) is 9.88 Å². The van der Waals surface area contributed by atoms with Gasteiger partial charge in [-0.15, -0.1) is 11.3 Å². The molecule has 1 saturated carbocycles. The Balaban J connectivity index is 2.13. The zero-order chi connectivity index (χ0) is 13.0. The maximum Gasteiger partial charge on any atom is 0.186 e. The minimum atomic E-state index is 0.527. The molecule has 1 aliphatic carbocycles. The van der Waals surface area contributed by atoms with Gasteiger partial charge in [-0.2, -0.15) is 0 Å². The van der Waals surface area contributed by atoms with E-state index in [-0.39, 0.29) is 0 Å². The number of nitrogens with two attached hydrogens (primary N) is 1. The largest absolute Gasteiger partial charge is 0.383 e. The standard InChI is InChI=1S/C12H21N3O2S/c1-16-6-5-15(9-3-4-9)12-14-10(8-17-2)11(7-13)18-12/h9H,3-8,13H2,1-2H3. The van der Waals surface area contributed by atoms with Crippen molar-refractivity contribution in [2.75, 3.05) is 32.3 Å². The minimum absolute atomic E-state index is 0.527. The highest BCUT2D eigenvalue weighted by Crippen LogP contribution is 2.35. The van der Waals surface area contributed by atoms with Crippen molar-refractivity contribution in [3.63, 3.8) is 0 Å². The lowest BCUT2D eigenvalue weighted by atomic mass is 10.4. The zero-order valence-corrected chi connectivity index (χ0v) is 11.8. The molecule has 2 N–H and O–H groups in total. The highest BCUT2D eigenvalue weighted by Gasteiger charge is 2.31. The van der Waals surface area contributed by atoms with Crippen LogP contribution in [0.15, 0.2) is 0 Å². The average molecular weight is 271 g/mol. The van der Waals surface area contributed by atoms with Gasteiger partial charge in [-0.25, -0.2) is 4.98 Å². The van der Waals surface area contributed by atoms with Crippen LogP contribution in [0.4, 0.5) is 5.13 Å². The summed E-state index contributed by atoms with van der Waals surface area (Å²) in [5.41, 5.74) is 6.73. The Morgan fingerprint density at radius 2 is 2.17 bits per heavy atom. The Morgan fingerprint density at radius 1 is 1.39 bits per heavy atom. The van der Waals surface area contributed by atoms with Gasteiger partial charge < -0.3 is 20.1 Å². The van der Waals surface area contributed by atoms with E-state index in [1.165, 1.54) is 12.8 Å². The van der Waals surface area contributed by atoms with Crippen molar-refractivity contribution in [1.82, 2.24) is 4.98 Å². The summed E-state index contributed by atoms with van der Waals surface area (Å²) < 4.78 is 10.3. The smallest absolute Gasteiger partial charge is 0.186 e. The highest BCUT2D eigenvalue weighted by molar-refractivity contribution is 7.15. The van der Waals surface area contributed by atoms with Crippen LogP contribution in [0.1, 0.15) is 23.4 Å². The van der Waals surface area contributed by atoms with E-state index < -0.39 is 0 Å². The van der Waals surface area contributed by atoms with E-state index in [0.29, 0.717) is 19.2 Å². The summed E-state index contributed by atoms with van der Waals surface area (Å²) in [5, 5.41) is 1.06. The van der Waals surface area contributed by atoms with Gasteiger partial charge in [0.05, 0.1) is 18.9 Å². The van der Waals surface area contributed by atoms with E-state index in [1.807, 2.05) is 0 Å². The fourth-order valence-electron chi connectivity index (χ4n) is 1.91. The fourth-order valence-corrected chi connectivity index (χ4v) is 2.95. The van der Waals surface area contributed by atoms with Crippen LogP contribution in [0.25, 0.3) is 0 Å². The van der Waals surface area contributed by atoms with Gasteiger partial charge in [-0.1, -0.05) is 0 Å².